The Hall–Kier alpha value is -3.34. The summed E-state index contributed by atoms with van der Waals surface area (Å²) in [6.45, 7) is 0. The summed E-state index contributed by atoms with van der Waals surface area (Å²) in [5.41, 5.74) is 1.71. The normalized spacial score (nSPS) is 22.5. The number of phenolic OH excluding ortho intramolecular Hbond substituents is 2. The molecule has 4 heteroatoms. The molecule has 1 aliphatic rings. The minimum atomic E-state index is -1.00. The molecule has 2 unspecified atom stereocenters. The number of methoxy groups -OCH3 is 2. The summed E-state index contributed by atoms with van der Waals surface area (Å²) in [5, 5.41) is 22.0. The Morgan fingerprint density at radius 3 is 1.33 bits per heavy atom. The minimum Gasteiger partial charge on any atom is -0.508 e. The molecule has 0 spiro atoms. The van der Waals surface area contributed by atoms with Gasteiger partial charge < -0.3 is 19.7 Å². The molecule has 0 aromatic heterocycles. The van der Waals surface area contributed by atoms with Crippen LogP contribution in [-0.2, 0) is 20.7 Å². The van der Waals surface area contributed by atoms with Gasteiger partial charge in [0.1, 0.15) is 11.5 Å². The Morgan fingerprint density at radius 2 is 0.967 bits per heavy atom. The van der Waals surface area contributed by atoms with Crippen LogP contribution in [0.1, 0.15) is 22.3 Å². The molecule has 0 saturated carbocycles. The number of hydrogen-bond donors (Lipinski definition) is 2. The standard InChI is InChI=1S/C26H22O4/c1-29-25(18-9-13-20(27)14-10-18)22-7-3-5-17-6-4-8-23(24(17)22)26(25,30-2)19-11-15-21(28)16-12-19/h3-16,27-28H,1-2H3. The second-order valence-corrected chi connectivity index (χ2v) is 7.57. The van der Waals surface area contributed by atoms with Gasteiger partial charge in [0, 0.05) is 25.3 Å². The van der Waals surface area contributed by atoms with Gasteiger partial charge in [-0.2, -0.15) is 0 Å². The average molecular weight is 398 g/mol. The summed E-state index contributed by atoms with van der Waals surface area (Å²) in [6.07, 6.45) is 0. The van der Waals surface area contributed by atoms with Gasteiger partial charge >= 0.3 is 0 Å². The molecule has 4 aromatic carbocycles. The van der Waals surface area contributed by atoms with Gasteiger partial charge in [0.05, 0.1) is 0 Å². The summed E-state index contributed by atoms with van der Waals surface area (Å²) < 4.78 is 12.8. The predicted octanol–water partition coefficient (Wildman–Crippen LogP) is 5.04. The number of phenols is 2. The molecule has 0 amide bonds. The van der Waals surface area contributed by atoms with Gasteiger partial charge in [-0.3, -0.25) is 0 Å². The summed E-state index contributed by atoms with van der Waals surface area (Å²) in [7, 11) is 3.37. The van der Waals surface area contributed by atoms with Crippen LogP contribution in [0.4, 0.5) is 0 Å². The van der Waals surface area contributed by atoms with Gasteiger partial charge in [-0.1, -0.05) is 60.7 Å². The van der Waals surface area contributed by atoms with Gasteiger partial charge in [-0.15, -0.1) is 0 Å². The lowest BCUT2D eigenvalue weighted by Gasteiger charge is -2.46. The molecular formula is C26H22O4. The van der Waals surface area contributed by atoms with Crippen LogP contribution < -0.4 is 0 Å². The Balaban J connectivity index is 1.97. The molecule has 0 fully saturated rings. The monoisotopic (exact) mass is 398 g/mol. The lowest BCUT2D eigenvalue weighted by molar-refractivity contribution is -0.146. The number of hydrogen-bond acceptors (Lipinski definition) is 4. The fourth-order valence-corrected chi connectivity index (χ4v) is 5.16. The van der Waals surface area contributed by atoms with Crippen molar-refractivity contribution in [2.45, 2.75) is 11.2 Å². The van der Waals surface area contributed by atoms with Crippen LogP contribution in [-0.4, -0.2) is 24.4 Å². The molecule has 4 nitrogen and oxygen atoms in total. The molecule has 0 radical (unpaired) electrons. The average Bonchev–Trinajstić information content (AvgIpc) is 3.04. The van der Waals surface area contributed by atoms with Crippen molar-refractivity contribution in [3.05, 3.63) is 107 Å². The first kappa shape index (κ1) is 18.7. The maximum absolute atomic E-state index is 9.92. The Kier molecular flexibility index (Phi) is 4.10. The fraction of sp³-hybridized carbons (Fsp3) is 0.154. The van der Waals surface area contributed by atoms with E-state index in [4.69, 9.17) is 9.47 Å². The SMILES string of the molecule is COC1(c2ccc(O)cc2)c2cccc3cccc(c23)C1(OC)c1ccc(O)cc1. The highest BCUT2D eigenvalue weighted by Crippen LogP contribution is 2.61. The van der Waals surface area contributed by atoms with Crippen molar-refractivity contribution in [2.75, 3.05) is 14.2 Å². The minimum absolute atomic E-state index is 0.186. The van der Waals surface area contributed by atoms with Gasteiger partial charge in [0.15, 0.2) is 11.2 Å². The molecule has 30 heavy (non-hydrogen) atoms. The second kappa shape index (κ2) is 6.59. The van der Waals surface area contributed by atoms with Crippen molar-refractivity contribution >= 4 is 10.8 Å². The van der Waals surface area contributed by atoms with Crippen molar-refractivity contribution in [3.8, 4) is 11.5 Å². The quantitative estimate of drug-likeness (QED) is 0.505. The van der Waals surface area contributed by atoms with Crippen LogP contribution in [0.3, 0.4) is 0 Å². The van der Waals surface area contributed by atoms with E-state index in [0.29, 0.717) is 0 Å². The molecule has 1 aliphatic carbocycles. The molecule has 0 saturated heterocycles. The van der Waals surface area contributed by atoms with Crippen molar-refractivity contribution < 1.29 is 19.7 Å². The van der Waals surface area contributed by atoms with Crippen LogP contribution >= 0.6 is 0 Å². The van der Waals surface area contributed by atoms with E-state index >= 15 is 0 Å². The zero-order valence-electron chi connectivity index (χ0n) is 16.8. The third-order valence-electron chi connectivity index (χ3n) is 6.32. The molecule has 150 valence electrons. The van der Waals surface area contributed by atoms with Gasteiger partial charge in [0.25, 0.3) is 0 Å². The number of ether oxygens (including phenoxy) is 2. The number of rotatable bonds is 4. The van der Waals surface area contributed by atoms with Crippen LogP contribution in [0, 0.1) is 0 Å². The van der Waals surface area contributed by atoms with E-state index in [1.54, 1.807) is 38.5 Å². The topological polar surface area (TPSA) is 58.9 Å². The molecule has 0 heterocycles. The lowest BCUT2D eigenvalue weighted by atomic mass is 9.71. The summed E-state index contributed by atoms with van der Waals surface area (Å²) in [5.74, 6) is 0.373. The van der Waals surface area contributed by atoms with Crippen LogP contribution in [0.5, 0.6) is 11.5 Å². The molecule has 0 aliphatic heterocycles. The molecule has 2 N–H and O–H groups in total. The Morgan fingerprint density at radius 1 is 0.567 bits per heavy atom. The Labute approximate surface area is 174 Å². The third kappa shape index (κ3) is 2.18. The summed E-state index contributed by atoms with van der Waals surface area (Å²) >= 11 is 0. The van der Waals surface area contributed by atoms with Gasteiger partial charge in [0.2, 0.25) is 0 Å². The smallest absolute Gasteiger partial charge is 0.156 e. The maximum atomic E-state index is 9.92. The highest BCUT2D eigenvalue weighted by atomic mass is 16.6. The van der Waals surface area contributed by atoms with E-state index in [1.165, 1.54) is 0 Å². The van der Waals surface area contributed by atoms with E-state index in [1.807, 2.05) is 36.4 Å². The van der Waals surface area contributed by atoms with Gasteiger partial charge in [-0.05, 0) is 46.2 Å². The van der Waals surface area contributed by atoms with E-state index < -0.39 is 11.2 Å². The zero-order chi connectivity index (χ0) is 20.9. The van der Waals surface area contributed by atoms with E-state index in [9.17, 15) is 10.2 Å². The first-order chi connectivity index (χ1) is 14.6. The van der Waals surface area contributed by atoms with Gasteiger partial charge in [-0.25, -0.2) is 0 Å². The van der Waals surface area contributed by atoms with Crippen LogP contribution in [0.15, 0.2) is 84.9 Å². The summed E-state index contributed by atoms with van der Waals surface area (Å²) in [6, 6.07) is 26.5. The largest absolute Gasteiger partial charge is 0.508 e. The molecule has 2 atom stereocenters. The van der Waals surface area contributed by atoms with E-state index in [-0.39, 0.29) is 11.5 Å². The zero-order valence-corrected chi connectivity index (χ0v) is 16.8. The number of benzene rings is 4. The third-order valence-corrected chi connectivity index (χ3v) is 6.32. The molecule has 5 rings (SSSR count). The first-order valence-electron chi connectivity index (χ1n) is 9.80. The van der Waals surface area contributed by atoms with Crippen molar-refractivity contribution in [1.82, 2.24) is 0 Å². The van der Waals surface area contributed by atoms with Crippen molar-refractivity contribution in [1.29, 1.82) is 0 Å². The van der Waals surface area contributed by atoms with Crippen molar-refractivity contribution in [3.63, 3.8) is 0 Å². The fourth-order valence-electron chi connectivity index (χ4n) is 5.16. The Bertz CT molecular complexity index is 1140. The van der Waals surface area contributed by atoms with E-state index in [0.717, 1.165) is 33.0 Å². The molecular weight excluding hydrogens is 376 g/mol. The predicted molar refractivity (Wildman–Crippen MR) is 116 cm³/mol. The molecule has 0 bridgehead atoms. The lowest BCUT2D eigenvalue weighted by Crippen LogP contribution is -2.50. The van der Waals surface area contributed by atoms with Crippen LogP contribution in [0.25, 0.3) is 10.8 Å². The number of aromatic hydroxyl groups is 2. The molecule has 4 aromatic rings. The highest BCUT2D eigenvalue weighted by Gasteiger charge is 2.62. The highest BCUT2D eigenvalue weighted by molar-refractivity contribution is 5.95. The van der Waals surface area contributed by atoms with E-state index in [2.05, 4.69) is 24.3 Å². The second-order valence-electron chi connectivity index (χ2n) is 7.57. The summed E-state index contributed by atoms with van der Waals surface area (Å²) in [4.78, 5) is 0. The maximum Gasteiger partial charge on any atom is 0.156 e. The van der Waals surface area contributed by atoms with Crippen molar-refractivity contribution in [2.24, 2.45) is 0 Å². The first-order valence-corrected chi connectivity index (χ1v) is 9.80. The van der Waals surface area contributed by atoms with Crippen LogP contribution in [0.2, 0.25) is 0 Å².